The minimum absolute atomic E-state index is 0.0118. The molecule has 4 aromatic rings. The number of anilines is 2. The van der Waals surface area contributed by atoms with E-state index in [0.717, 1.165) is 61.6 Å². The van der Waals surface area contributed by atoms with Crippen molar-refractivity contribution in [2.45, 2.75) is 75.5 Å². The average molecular weight is 643 g/mol. The Kier molecular flexibility index (Phi) is 11.3. The first-order chi connectivity index (χ1) is 23.6. The lowest BCUT2D eigenvalue weighted by Gasteiger charge is -2.47. The van der Waals surface area contributed by atoms with Crippen molar-refractivity contribution in [2.75, 3.05) is 24.4 Å². The number of aliphatic hydroxyl groups excluding tert-OH is 1. The highest BCUT2D eigenvalue weighted by Crippen LogP contribution is 2.36. The molecule has 0 amide bonds. The van der Waals surface area contributed by atoms with Crippen molar-refractivity contribution in [3.8, 4) is 23.7 Å². The molecule has 2 N–H and O–H groups in total. The van der Waals surface area contributed by atoms with Crippen molar-refractivity contribution in [3.05, 3.63) is 108 Å². The molecule has 2 aromatic carbocycles. The molecule has 0 saturated heterocycles. The lowest BCUT2D eigenvalue weighted by atomic mass is 9.82. The minimum atomic E-state index is -0.815. The molecule has 48 heavy (non-hydrogen) atoms. The number of benzene rings is 2. The maximum absolute atomic E-state index is 12.1. The van der Waals surface area contributed by atoms with Crippen molar-refractivity contribution >= 4 is 11.9 Å². The van der Waals surface area contributed by atoms with Crippen molar-refractivity contribution in [1.29, 1.82) is 0 Å². The number of nitrogens with one attached hydrogen (secondary N) is 1. The van der Waals surface area contributed by atoms with Crippen LogP contribution in [0.15, 0.2) is 85.5 Å². The predicted octanol–water partition coefficient (Wildman–Crippen LogP) is 5.44. The van der Waals surface area contributed by atoms with Gasteiger partial charge in [0.15, 0.2) is 0 Å². The van der Waals surface area contributed by atoms with Crippen LogP contribution in [0, 0.1) is 29.6 Å². The molecule has 0 radical (unpaired) electrons. The molecule has 2 heterocycles. The molecule has 2 aromatic heterocycles. The molecule has 0 aliphatic heterocycles. The SMILES string of the molecule is COC1CCCC(OC)C1N(c1ncc(C#Cc2ccccc2)cn1)C(O)C1CCC(Nc2ncc(C#Cc3ccccc3)cn2)CC1. The van der Waals surface area contributed by atoms with E-state index in [1.807, 2.05) is 65.6 Å². The Morgan fingerprint density at radius 3 is 1.65 bits per heavy atom. The topological polar surface area (TPSA) is 106 Å². The van der Waals surface area contributed by atoms with Crippen molar-refractivity contribution < 1.29 is 14.6 Å². The normalized spacial score (nSPS) is 22.7. The van der Waals surface area contributed by atoms with E-state index < -0.39 is 6.23 Å². The van der Waals surface area contributed by atoms with Gasteiger partial charge in [-0.25, -0.2) is 19.9 Å². The van der Waals surface area contributed by atoms with Crippen LogP contribution in [0.5, 0.6) is 0 Å². The third-order valence-electron chi connectivity index (χ3n) is 9.25. The lowest BCUT2D eigenvalue weighted by Crippen LogP contribution is -2.60. The van der Waals surface area contributed by atoms with E-state index in [9.17, 15) is 5.11 Å². The zero-order valence-electron chi connectivity index (χ0n) is 27.5. The molecule has 2 aliphatic carbocycles. The third-order valence-corrected chi connectivity index (χ3v) is 9.25. The van der Waals surface area contributed by atoms with Gasteiger partial charge in [0, 0.05) is 62.1 Å². The summed E-state index contributed by atoms with van der Waals surface area (Å²) in [5.74, 6) is 13.6. The Bertz CT molecular complexity index is 1690. The van der Waals surface area contributed by atoms with Gasteiger partial charge >= 0.3 is 0 Å². The molecule has 3 atom stereocenters. The number of methoxy groups -OCH3 is 2. The van der Waals surface area contributed by atoms with E-state index in [2.05, 4.69) is 39.0 Å². The Hall–Kier alpha value is -4.80. The van der Waals surface area contributed by atoms with Gasteiger partial charge in [0.1, 0.15) is 6.23 Å². The van der Waals surface area contributed by atoms with Crippen LogP contribution >= 0.6 is 0 Å². The van der Waals surface area contributed by atoms with Gasteiger partial charge in [0.2, 0.25) is 11.9 Å². The summed E-state index contributed by atoms with van der Waals surface area (Å²) in [5.41, 5.74) is 3.35. The summed E-state index contributed by atoms with van der Waals surface area (Å²) in [4.78, 5) is 20.4. The minimum Gasteiger partial charge on any atom is -0.379 e. The van der Waals surface area contributed by atoms with E-state index in [1.165, 1.54) is 0 Å². The number of nitrogens with zero attached hydrogens (tertiary/aromatic N) is 5. The van der Waals surface area contributed by atoms with Crippen molar-refractivity contribution in [1.82, 2.24) is 19.9 Å². The van der Waals surface area contributed by atoms with E-state index in [1.54, 1.807) is 39.0 Å². The fourth-order valence-corrected chi connectivity index (χ4v) is 6.69. The number of rotatable bonds is 8. The molecule has 2 fully saturated rings. The Morgan fingerprint density at radius 2 is 1.15 bits per heavy atom. The van der Waals surface area contributed by atoms with Gasteiger partial charge in [0.05, 0.1) is 29.4 Å². The number of aromatic nitrogens is 4. The average Bonchev–Trinajstić information content (AvgIpc) is 3.15. The first-order valence-electron chi connectivity index (χ1n) is 16.7. The zero-order chi connectivity index (χ0) is 33.1. The third kappa shape index (κ3) is 8.37. The number of hydrogen-bond donors (Lipinski definition) is 2. The van der Waals surface area contributed by atoms with Gasteiger partial charge in [-0.3, -0.25) is 0 Å². The van der Waals surface area contributed by atoms with E-state index in [0.29, 0.717) is 17.5 Å². The maximum atomic E-state index is 12.1. The molecule has 2 aliphatic rings. The molecule has 6 rings (SSSR count). The lowest BCUT2D eigenvalue weighted by molar-refractivity contribution is -0.0508. The summed E-state index contributed by atoms with van der Waals surface area (Å²) in [6, 6.07) is 19.7. The summed E-state index contributed by atoms with van der Waals surface area (Å²) >= 11 is 0. The standard InChI is InChI=1S/C39H42N6O3/c1-47-34-14-9-15-35(48-2)36(34)45(39-42-26-31(27-43-39)19-17-29-12-7-4-8-13-29)37(46)32-20-22-33(23-21-32)44-38-40-24-30(25-41-38)18-16-28-10-5-3-6-11-28/h3-8,10-13,24-27,32-37,46H,9,14-15,20-23H2,1-2H3,(H,40,41,44). The first-order valence-corrected chi connectivity index (χ1v) is 16.7. The van der Waals surface area contributed by atoms with Crippen LogP contribution in [0.1, 0.15) is 67.2 Å². The van der Waals surface area contributed by atoms with Crippen LogP contribution in [0.25, 0.3) is 0 Å². The second-order valence-electron chi connectivity index (χ2n) is 12.3. The van der Waals surface area contributed by atoms with Crippen LogP contribution < -0.4 is 10.2 Å². The quantitative estimate of drug-likeness (QED) is 0.192. The van der Waals surface area contributed by atoms with Crippen LogP contribution in [-0.4, -0.2) is 69.8 Å². The first kappa shape index (κ1) is 33.1. The second-order valence-corrected chi connectivity index (χ2v) is 12.3. The smallest absolute Gasteiger partial charge is 0.227 e. The molecule has 9 nitrogen and oxygen atoms in total. The monoisotopic (exact) mass is 642 g/mol. The Balaban J connectivity index is 1.14. The summed E-state index contributed by atoms with van der Waals surface area (Å²) in [5, 5.41) is 15.6. The molecule has 0 spiro atoms. The maximum Gasteiger partial charge on any atom is 0.227 e. The molecular weight excluding hydrogens is 600 g/mol. The molecule has 2 saturated carbocycles. The van der Waals surface area contributed by atoms with Gasteiger partial charge in [0.25, 0.3) is 0 Å². The summed E-state index contributed by atoms with van der Waals surface area (Å²) in [6.45, 7) is 0. The Labute approximate surface area is 283 Å². The molecule has 3 unspecified atom stereocenters. The zero-order valence-corrected chi connectivity index (χ0v) is 27.5. The van der Waals surface area contributed by atoms with Crippen molar-refractivity contribution in [2.24, 2.45) is 5.92 Å². The fraction of sp³-hybridized carbons (Fsp3) is 0.385. The highest BCUT2D eigenvalue weighted by Gasteiger charge is 2.44. The van der Waals surface area contributed by atoms with E-state index in [4.69, 9.17) is 19.4 Å². The van der Waals surface area contributed by atoms with Gasteiger partial charge in [-0.15, -0.1) is 0 Å². The number of aliphatic hydroxyl groups is 1. The van der Waals surface area contributed by atoms with Gasteiger partial charge < -0.3 is 24.8 Å². The number of hydrogen-bond acceptors (Lipinski definition) is 9. The Morgan fingerprint density at radius 1 is 0.667 bits per heavy atom. The van der Waals surface area contributed by atoms with E-state index in [-0.39, 0.29) is 30.2 Å². The van der Waals surface area contributed by atoms with Gasteiger partial charge in [-0.1, -0.05) is 60.1 Å². The summed E-state index contributed by atoms with van der Waals surface area (Å²) in [7, 11) is 3.45. The predicted molar refractivity (Wildman–Crippen MR) is 186 cm³/mol. The highest BCUT2D eigenvalue weighted by molar-refractivity contribution is 5.44. The molecule has 9 heteroatoms. The van der Waals surface area contributed by atoms with Crippen LogP contribution in [0.2, 0.25) is 0 Å². The molecular formula is C39H42N6O3. The van der Waals surface area contributed by atoms with Gasteiger partial charge in [-0.05, 0) is 69.2 Å². The summed E-state index contributed by atoms with van der Waals surface area (Å²) in [6.07, 6.45) is 12.0. The number of ether oxygens (including phenoxy) is 2. The fourth-order valence-electron chi connectivity index (χ4n) is 6.69. The van der Waals surface area contributed by atoms with Crippen molar-refractivity contribution in [3.63, 3.8) is 0 Å². The summed E-state index contributed by atoms with van der Waals surface area (Å²) < 4.78 is 11.9. The molecule has 246 valence electrons. The highest BCUT2D eigenvalue weighted by atomic mass is 16.5. The second kappa shape index (κ2) is 16.3. The van der Waals surface area contributed by atoms with Crippen LogP contribution in [0.4, 0.5) is 11.9 Å². The van der Waals surface area contributed by atoms with Gasteiger partial charge in [-0.2, -0.15) is 0 Å². The molecule has 0 bridgehead atoms. The van der Waals surface area contributed by atoms with Crippen LogP contribution in [-0.2, 0) is 9.47 Å². The van der Waals surface area contributed by atoms with Crippen LogP contribution in [0.3, 0.4) is 0 Å². The van der Waals surface area contributed by atoms with E-state index >= 15 is 0 Å². The largest absolute Gasteiger partial charge is 0.379 e.